The Kier molecular flexibility index (Phi) is 8.13. The third kappa shape index (κ3) is 4.36. The summed E-state index contributed by atoms with van der Waals surface area (Å²) in [4.78, 5) is 0. The van der Waals surface area contributed by atoms with Crippen LogP contribution < -0.4 is 11.3 Å². The molecule has 1 aromatic rings. The quantitative estimate of drug-likeness (QED) is 0.373. The Labute approximate surface area is 99.6 Å². The van der Waals surface area contributed by atoms with Crippen LogP contribution in [0.4, 0.5) is 0 Å². The van der Waals surface area contributed by atoms with Gasteiger partial charge in [-0.1, -0.05) is 53.5 Å². The first-order valence-corrected chi connectivity index (χ1v) is 3.83. The van der Waals surface area contributed by atoms with Crippen LogP contribution in [0.5, 0.6) is 0 Å². The summed E-state index contributed by atoms with van der Waals surface area (Å²) >= 11 is 11.6. The zero-order chi connectivity index (χ0) is 8.32. The summed E-state index contributed by atoms with van der Waals surface area (Å²) in [5.41, 5.74) is 3.02. The van der Waals surface area contributed by atoms with Crippen LogP contribution in [0, 0.1) is 0 Å². The van der Waals surface area contributed by atoms with E-state index in [1.807, 2.05) is 18.2 Å². The molecular weight excluding hydrogens is 254 g/mol. The maximum atomic E-state index is 5.78. The number of nitrogens with one attached hydrogen (secondary N) is 1. The third-order valence-electron chi connectivity index (χ3n) is 1.32. The lowest BCUT2D eigenvalue weighted by Crippen LogP contribution is -2.37. The molecule has 0 amide bonds. The summed E-state index contributed by atoms with van der Waals surface area (Å²) in [6.07, 6.45) is 0. The van der Waals surface area contributed by atoms with Gasteiger partial charge in [0.25, 0.3) is 0 Å². The van der Waals surface area contributed by atoms with Crippen molar-refractivity contribution in [2.24, 2.45) is 5.84 Å². The van der Waals surface area contributed by atoms with Gasteiger partial charge in [0.2, 0.25) is 4.46 Å². The monoisotopic (exact) mass is 262 g/mol. The zero-order valence-electron chi connectivity index (χ0n) is 6.54. The number of hydrogen-bond acceptors (Lipinski definition) is 2. The minimum atomic E-state index is -1.19. The van der Waals surface area contributed by atoms with Crippen molar-refractivity contribution in [2.45, 2.75) is 4.46 Å². The highest BCUT2D eigenvalue weighted by atomic mass is 35.5. The Morgan fingerprint density at radius 1 is 1.08 bits per heavy atom. The molecule has 0 spiro atoms. The van der Waals surface area contributed by atoms with Crippen molar-refractivity contribution in [3.8, 4) is 0 Å². The standard InChI is InChI=1S/C7H8Cl2N2.2ClH/c8-7(9,11-10)6-4-2-1-3-5-6;;/h1-5,11H,10H2;2*1H. The number of nitrogens with two attached hydrogens (primary N) is 1. The summed E-state index contributed by atoms with van der Waals surface area (Å²) < 4.78 is -1.19. The van der Waals surface area contributed by atoms with Gasteiger partial charge < -0.3 is 0 Å². The van der Waals surface area contributed by atoms with Gasteiger partial charge >= 0.3 is 0 Å². The second-order valence-electron chi connectivity index (χ2n) is 2.08. The van der Waals surface area contributed by atoms with E-state index in [0.29, 0.717) is 0 Å². The van der Waals surface area contributed by atoms with E-state index in [1.165, 1.54) is 0 Å². The molecule has 1 aromatic carbocycles. The van der Waals surface area contributed by atoms with E-state index in [-0.39, 0.29) is 24.8 Å². The molecule has 0 aliphatic carbocycles. The predicted octanol–water partition coefficient (Wildman–Crippen LogP) is 2.58. The van der Waals surface area contributed by atoms with E-state index >= 15 is 0 Å². The molecule has 76 valence electrons. The fraction of sp³-hybridized carbons (Fsp3) is 0.143. The first-order valence-electron chi connectivity index (χ1n) is 3.08. The van der Waals surface area contributed by atoms with Crippen molar-refractivity contribution >= 4 is 48.0 Å². The summed E-state index contributed by atoms with van der Waals surface area (Å²) in [7, 11) is 0. The van der Waals surface area contributed by atoms with Gasteiger partial charge in [0.05, 0.1) is 0 Å². The molecule has 0 unspecified atom stereocenters. The lowest BCUT2D eigenvalue weighted by Gasteiger charge is -2.17. The molecule has 0 saturated heterocycles. The molecule has 0 aromatic heterocycles. The number of hydrogen-bond donors (Lipinski definition) is 2. The molecule has 0 radical (unpaired) electrons. The Morgan fingerprint density at radius 3 is 1.92 bits per heavy atom. The van der Waals surface area contributed by atoms with Crippen molar-refractivity contribution in [2.75, 3.05) is 0 Å². The maximum absolute atomic E-state index is 5.78. The van der Waals surface area contributed by atoms with E-state index in [0.717, 1.165) is 5.56 Å². The van der Waals surface area contributed by atoms with Crippen molar-refractivity contribution < 1.29 is 0 Å². The summed E-state index contributed by atoms with van der Waals surface area (Å²) in [5.74, 6) is 5.12. The van der Waals surface area contributed by atoms with E-state index in [9.17, 15) is 0 Å². The number of benzene rings is 1. The van der Waals surface area contributed by atoms with Crippen LogP contribution in [0.1, 0.15) is 5.56 Å². The minimum absolute atomic E-state index is 0. The molecule has 0 aliphatic heterocycles. The Morgan fingerprint density at radius 2 is 1.54 bits per heavy atom. The number of halogens is 4. The Balaban J connectivity index is 0. The second kappa shape index (κ2) is 6.71. The highest BCUT2D eigenvalue weighted by Gasteiger charge is 2.23. The molecule has 0 fully saturated rings. The van der Waals surface area contributed by atoms with E-state index < -0.39 is 4.46 Å². The van der Waals surface area contributed by atoms with Crippen LogP contribution in [0.3, 0.4) is 0 Å². The van der Waals surface area contributed by atoms with Crippen molar-refractivity contribution in [1.82, 2.24) is 5.43 Å². The minimum Gasteiger partial charge on any atom is -0.269 e. The highest BCUT2D eigenvalue weighted by molar-refractivity contribution is 6.47. The first-order chi connectivity index (χ1) is 5.17. The van der Waals surface area contributed by atoms with Gasteiger partial charge in [-0.15, -0.1) is 24.8 Å². The molecule has 0 aliphatic rings. The number of hydrazine groups is 1. The molecule has 3 N–H and O–H groups in total. The van der Waals surface area contributed by atoms with Gasteiger partial charge in [-0.05, 0) is 0 Å². The maximum Gasteiger partial charge on any atom is 0.206 e. The smallest absolute Gasteiger partial charge is 0.206 e. The van der Waals surface area contributed by atoms with Crippen molar-refractivity contribution in [3.63, 3.8) is 0 Å². The summed E-state index contributed by atoms with van der Waals surface area (Å²) in [6.45, 7) is 0. The molecule has 0 bridgehead atoms. The zero-order valence-corrected chi connectivity index (χ0v) is 9.68. The van der Waals surface area contributed by atoms with Crippen molar-refractivity contribution in [1.29, 1.82) is 0 Å². The molecular formula is C7H10Cl4N2. The lowest BCUT2D eigenvalue weighted by atomic mass is 10.2. The van der Waals surface area contributed by atoms with Crippen LogP contribution in [0.15, 0.2) is 30.3 Å². The second-order valence-corrected chi connectivity index (χ2v) is 3.41. The Hall–Kier alpha value is 0.300. The average molecular weight is 264 g/mol. The third-order valence-corrected chi connectivity index (χ3v) is 1.97. The van der Waals surface area contributed by atoms with Gasteiger partial charge in [-0.2, -0.15) is 0 Å². The average Bonchev–Trinajstić information content (AvgIpc) is 2.06. The SMILES string of the molecule is Cl.Cl.NNC(Cl)(Cl)c1ccccc1. The van der Waals surface area contributed by atoms with E-state index in [2.05, 4.69) is 5.43 Å². The summed E-state index contributed by atoms with van der Waals surface area (Å²) in [6, 6.07) is 9.14. The first kappa shape index (κ1) is 15.8. The van der Waals surface area contributed by atoms with Crippen LogP contribution in [-0.4, -0.2) is 0 Å². The lowest BCUT2D eigenvalue weighted by molar-refractivity contribution is 0.651. The largest absolute Gasteiger partial charge is 0.269 e. The molecule has 13 heavy (non-hydrogen) atoms. The van der Waals surface area contributed by atoms with Crippen LogP contribution in [-0.2, 0) is 4.46 Å². The molecule has 2 nitrogen and oxygen atoms in total. The molecule has 0 atom stereocenters. The Bertz CT molecular complexity index is 227. The van der Waals surface area contributed by atoms with E-state index in [1.54, 1.807) is 12.1 Å². The van der Waals surface area contributed by atoms with Gasteiger partial charge in [0.1, 0.15) is 0 Å². The highest BCUT2D eigenvalue weighted by Crippen LogP contribution is 2.28. The number of rotatable bonds is 2. The van der Waals surface area contributed by atoms with Crippen molar-refractivity contribution in [3.05, 3.63) is 35.9 Å². The van der Waals surface area contributed by atoms with Gasteiger partial charge in [-0.25, -0.2) is 5.43 Å². The topological polar surface area (TPSA) is 38.0 Å². The number of alkyl halides is 2. The van der Waals surface area contributed by atoms with Crippen LogP contribution in [0.25, 0.3) is 0 Å². The molecule has 0 saturated carbocycles. The van der Waals surface area contributed by atoms with Crippen LogP contribution >= 0.6 is 48.0 Å². The molecule has 6 heteroatoms. The van der Waals surface area contributed by atoms with Gasteiger partial charge in [-0.3, -0.25) is 5.84 Å². The fourth-order valence-electron chi connectivity index (χ4n) is 0.731. The van der Waals surface area contributed by atoms with Gasteiger partial charge in [0.15, 0.2) is 0 Å². The molecule has 0 heterocycles. The normalized spacial score (nSPS) is 9.77. The predicted molar refractivity (Wildman–Crippen MR) is 61.6 cm³/mol. The van der Waals surface area contributed by atoms with E-state index in [4.69, 9.17) is 29.0 Å². The van der Waals surface area contributed by atoms with Crippen LogP contribution in [0.2, 0.25) is 0 Å². The summed E-state index contributed by atoms with van der Waals surface area (Å²) in [5, 5.41) is 0. The van der Waals surface area contributed by atoms with Gasteiger partial charge in [0, 0.05) is 5.56 Å². The molecule has 1 rings (SSSR count). The fourth-order valence-corrected chi connectivity index (χ4v) is 0.983.